The molecule has 0 aromatic rings. The van der Waals surface area contributed by atoms with Crippen molar-refractivity contribution >= 4 is 11.8 Å². The first-order valence-electron chi connectivity index (χ1n) is 7.00. The maximum absolute atomic E-state index is 12.5. The molecule has 5 heteroatoms. The summed E-state index contributed by atoms with van der Waals surface area (Å²) in [5.74, 6) is 0.0152. The third-order valence-electron chi connectivity index (χ3n) is 3.79. The zero-order valence-corrected chi connectivity index (χ0v) is 11.1. The number of amides is 2. The highest BCUT2D eigenvalue weighted by molar-refractivity contribution is 5.89. The van der Waals surface area contributed by atoms with Gasteiger partial charge in [-0.05, 0) is 25.8 Å². The van der Waals surface area contributed by atoms with E-state index in [9.17, 15) is 9.59 Å². The number of hydrogen-bond acceptors (Lipinski definition) is 3. The lowest BCUT2D eigenvalue weighted by molar-refractivity contribution is -0.138. The van der Waals surface area contributed by atoms with E-state index in [2.05, 4.69) is 17.6 Å². The van der Waals surface area contributed by atoms with Crippen molar-refractivity contribution < 1.29 is 9.59 Å². The summed E-state index contributed by atoms with van der Waals surface area (Å²) in [5, 5.41) is 6.10. The number of nitrogens with zero attached hydrogens (tertiary/aromatic N) is 1. The highest BCUT2D eigenvalue weighted by Gasteiger charge is 2.34. The fraction of sp³-hybridized carbons (Fsp3) is 0.846. The second-order valence-corrected chi connectivity index (χ2v) is 5.24. The molecular formula is C13H23N3O2. The Kier molecular flexibility index (Phi) is 4.58. The number of rotatable bonds is 4. The van der Waals surface area contributed by atoms with Crippen LogP contribution in [0, 0.1) is 5.92 Å². The standard InChI is InChI=1S/C13H23N3O2/c1-2-6-16(11-4-3-5-14-9-11)13(18)10-7-12(17)15-8-10/h10-11,14H,2-9H2,1H3,(H,15,17). The van der Waals surface area contributed by atoms with Crippen LogP contribution in [0.1, 0.15) is 32.6 Å². The van der Waals surface area contributed by atoms with E-state index >= 15 is 0 Å². The maximum atomic E-state index is 12.5. The quantitative estimate of drug-likeness (QED) is 0.748. The Balaban J connectivity index is 1.99. The van der Waals surface area contributed by atoms with Gasteiger partial charge < -0.3 is 15.5 Å². The molecule has 2 N–H and O–H groups in total. The van der Waals surface area contributed by atoms with E-state index in [1.54, 1.807) is 0 Å². The van der Waals surface area contributed by atoms with Gasteiger partial charge in [-0.15, -0.1) is 0 Å². The first-order valence-corrected chi connectivity index (χ1v) is 7.00. The van der Waals surface area contributed by atoms with E-state index in [1.165, 1.54) is 0 Å². The van der Waals surface area contributed by atoms with Gasteiger partial charge >= 0.3 is 0 Å². The molecule has 2 heterocycles. The summed E-state index contributed by atoms with van der Waals surface area (Å²) >= 11 is 0. The molecule has 18 heavy (non-hydrogen) atoms. The van der Waals surface area contributed by atoms with E-state index in [4.69, 9.17) is 0 Å². The molecule has 0 radical (unpaired) electrons. The third-order valence-corrected chi connectivity index (χ3v) is 3.79. The zero-order valence-electron chi connectivity index (χ0n) is 11.1. The van der Waals surface area contributed by atoms with Gasteiger partial charge in [-0.3, -0.25) is 9.59 Å². The molecule has 0 aliphatic carbocycles. The molecule has 2 aliphatic heterocycles. The summed E-state index contributed by atoms with van der Waals surface area (Å²) in [6, 6.07) is 0.307. The Morgan fingerprint density at radius 3 is 2.83 bits per heavy atom. The first-order chi connectivity index (χ1) is 8.72. The van der Waals surface area contributed by atoms with Crippen LogP contribution in [0.5, 0.6) is 0 Å². The third kappa shape index (κ3) is 3.02. The van der Waals surface area contributed by atoms with Crippen LogP contribution in [-0.2, 0) is 9.59 Å². The Morgan fingerprint density at radius 2 is 2.28 bits per heavy atom. The molecule has 2 amide bonds. The van der Waals surface area contributed by atoms with Crippen LogP contribution in [0.3, 0.4) is 0 Å². The topological polar surface area (TPSA) is 61.4 Å². The lowest BCUT2D eigenvalue weighted by atomic mass is 10.0. The van der Waals surface area contributed by atoms with E-state index in [-0.39, 0.29) is 17.7 Å². The molecule has 0 bridgehead atoms. The van der Waals surface area contributed by atoms with Crippen LogP contribution in [0.4, 0.5) is 0 Å². The molecule has 2 unspecified atom stereocenters. The Labute approximate surface area is 108 Å². The molecule has 102 valence electrons. The summed E-state index contributed by atoms with van der Waals surface area (Å²) in [4.78, 5) is 25.7. The van der Waals surface area contributed by atoms with Gasteiger partial charge in [-0.1, -0.05) is 6.92 Å². The molecule has 2 rings (SSSR count). The average Bonchev–Trinajstić information content (AvgIpc) is 2.83. The SMILES string of the molecule is CCCN(C(=O)C1CNC(=O)C1)C1CCCNC1. The van der Waals surface area contributed by atoms with Crippen LogP contribution in [-0.4, -0.2) is 48.9 Å². The predicted octanol–water partition coefficient (Wildman–Crippen LogP) is 0.113. The highest BCUT2D eigenvalue weighted by Crippen LogP contribution is 2.18. The lowest BCUT2D eigenvalue weighted by Crippen LogP contribution is -2.51. The maximum Gasteiger partial charge on any atom is 0.228 e. The number of carbonyl (C=O) groups is 2. The smallest absolute Gasteiger partial charge is 0.228 e. The Bertz CT molecular complexity index is 313. The van der Waals surface area contributed by atoms with E-state index in [1.807, 2.05) is 4.90 Å². The van der Waals surface area contributed by atoms with Gasteiger partial charge in [0.15, 0.2) is 0 Å². The summed E-state index contributed by atoms with van der Waals surface area (Å²) < 4.78 is 0. The average molecular weight is 253 g/mol. The van der Waals surface area contributed by atoms with Crippen LogP contribution in [0.25, 0.3) is 0 Å². The van der Waals surface area contributed by atoms with Crippen molar-refractivity contribution in [2.75, 3.05) is 26.2 Å². The van der Waals surface area contributed by atoms with Crippen LogP contribution < -0.4 is 10.6 Å². The van der Waals surface area contributed by atoms with E-state index in [0.29, 0.717) is 19.0 Å². The van der Waals surface area contributed by atoms with Crippen molar-refractivity contribution in [2.24, 2.45) is 5.92 Å². The minimum absolute atomic E-state index is 0.00608. The molecule has 0 saturated carbocycles. The molecule has 0 spiro atoms. The van der Waals surface area contributed by atoms with Crippen molar-refractivity contribution in [1.82, 2.24) is 15.5 Å². The molecule has 0 aromatic carbocycles. The molecule has 2 atom stereocenters. The van der Waals surface area contributed by atoms with Gasteiger partial charge in [0.1, 0.15) is 0 Å². The van der Waals surface area contributed by atoms with Crippen LogP contribution in [0.2, 0.25) is 0 Å². The van der Waals surface area contributed by atoms with Gasteiger partial charge in [0.05, 0.1) is 5.92 Å². The van der Waals surface area contributed by atoms with Crippen molar-refractivity contribution in [2.45, 2.75) is 38.6 Å². The normalized spacial score (nSPS) is 27.9. The summed E-state index contributed by atoms with van der Waals surface area (Å²) in [7, 11) is 0. The summed E-state index contributed by atoms with van der Waals surface area (Å²) in [6.07, 6.45) is 3.53. The van der Waals surface area contributed by atoms with Gasteiger partial charge in [0, 0.05) is 32.1 Å². The van der Waals surface area contributed by atoms with Crippen molar-refractivity contribution in [3.8, 4) is 0 Å². The minimum atomic E-state index is -0.147. The van der Waals surface area contributed by atoms with Gasteiger partial charge in [0.25, 0.3) is 0 Å². The second kappa shape index (κ2) is 6.18. The number of nitrogens with one attached hydrogen (secondary N) is 2. The second-order valence-electron chi connectivity index (χ2n) is 5.24. The number of hydrogen-bond donors (Lipinski definition) is 2. The molecular weight excluding hydrogens is 230 g/mol. The van der Waals surface area contributed by atoms with Crippen molar-refractivity contribution in [3.05, 3.63) is 0 Å². The summed E-state index contributed by atoms with van der Waals surface area (Å²) in [6.45, 7) is 5.34. The Morgan fingerprint density at radius 1 is 1.44 bits per heavy atom. The first kappa shape index (κ1) is 13.3. The molecule has 2 fully saturated rings. The number of carbonyl (C=O) groups excluding carboxylic acids is 2. The van der Waals surface area contributed by atoms with E-state index < -0.39 is 0 Å². The van der Waals surface area contributed by atoms with E-state index in [0.717, 1.165) is 38.9 Å². The van der Waals surface area contributed by atoms with Crippen molar-refractivity contribution in [1.29, 1.82) is 0 Å². The zero-order chi connectivity index (χ0) is 13.0. The van der Waals surface area contributed by atoms with Gasteiger partial charge in [0.2, 0.25) is 11.8 Å². The Hall–Kier alpha value is -1.10. The fourth-order valence-corrected chi connectivity index (χ4v) is 2.83. The van der Waals surface area contributed by atoms with Gasteiger partial charge in [-0.25, -0.2) is 0 Å². The molecule has 5 nitrogen and oxygen atoms in total. The fourth-order valence-electron chi connectivity index (χ4n) is 2.83. The summed E-state index contributed by atoms with van der Waals surface area (Å²) in [5.41, 5.74) is 0. The molecule has 2 saturated heterocycles. The predicted molar refractivity (Wildman–Crippen MR) is 69.0 cm³/mol. The van der Waals surface area contributed by atoms with Crippen molar-refractivity contribution in [3.63, 3.8) is 0 Å². The van der Waals surface area contributed by atoms with Gasteiger partial charge in [-0.2, -0.15) is 0 Å². The monoisotopic (exact) mass is 253 g/mol. The number of piperidine rings is 1. The molecule has 0 aromatic heterocycles. The molecule has 2 aliphatic rings. The van der Waals surface area contributed by atoms with Crippen LogP contribution in [0.15, 0.2) is 0 Å². The highest BCUT2D eigenvalue weighted by atomic mass is 16.2. The largest absolute Gasteiger partial charge is 0.355 e. The minimum Gasteiger partial charge on any atom is -0.355 e. The lowest BCUT2D eigenvalue weighted by Gasteiger charge is -2.36. The van der Waals surface area contributed by atoms with Crippen LogP contribution >= 0.6 is 0 Å².